The largest absolute Gasteiger partial charge is 0.390 e. The van der Waals surface area contributed by atoms with Crippen molar-refractivity contribution in [3.8, 4) is 0 Å². The number of aromatic nitrogens is 1. The molecule has 32 heavy (non-hydrogen) atoms. The van der Waals surface area contributed by atoms with E-state index in [-0.39, 0.29) is 23.9 Å². The average molecular weight is 452 g/mol. The second-order valence-electron chi connectivity index (χ2n) is 10.9. The number of rotatable bonds is 9. The molecule has 0 aromatic carbocycles. The second kappa shape index (κ2) is 9.60. The molecule has 0 spiro atoms. The van der Waals surface area contributed by atoms with Crippen molar-refractivity contribution in [2.45, 2.75) is 70.9 Å². The third kappa shape index (κ3) is 6.16. The molecule has 5 rings (SSSR count). The van der Waals surface area contributed by atoms with Crippen LogP contribution in [-0.2, 0) is 6.42 Å². The Morgan fingerprint density at radius 3 is 2.28 bits per heavy atom. The van der Waals surface area contributed by atoms with E-state index in [0.717, 1.165) is 36.2 Å². The van der Waals surface area contributed by atoms with Crippen LogP contribution in [0.25, 0.3) is 0 Å². The van der Waals surface area contributed by atoms with E-state index in [0.29, 0.717) is 13.1 Å². The Labute approximate surface area is 189 Å². The fourth-order valence-corrected chi connectivity index (χ4v) is 6.91. The van der Waals surface area contributed by atoms with Crippen molar-refractivity contribution in [3.05, 3.63) is 30.1 Å². The zero-order valence-electron chi connectivity index (χ0n) is 19.0. The zero-order chi connectivity index (χ0) is 22.8. The maximum atomic E-state index is 12.9. The Morgan fingerprint density at radius 2 is 1.72 bits per heavy atom. The number of nitrogens with zero attached hydrogens (tertiary/aromatic N) is 2. The van der Waals surface area contributed by atoms with Gasteiger partial charge in [0.25, 0.3) is 0 Å². The van der Waals surface area contributed by atoms with Gasteiger partial charge in [-0.05, 0) is 98.1 Å². The van der Waals surface area contributed by atoms with Crippen molar-refractivity contribution in [3.63, 3.8) is 0 Å². The van der Waals surface area contributed by atoms with Crippen LogP contribution >= 0.6 is 0 Å². The summed E-state index contributed by atoms with van der Waals surface area (Å²) < 4.78 is 38.8. The lowest BCUT2D eigenvalue weighted by atomic mass is 9.49. The van der Waals surface area contributed by atoms with Crippen LogP contribution in [0.15, 0.2) is 24.5 Å². The molecule has 4 saturated carbocycles. The van der Waals surface area contributed by atoms with Crippen molar-refractivity contribution in [2.24, 2.45) is 29.1 Å². The molecule has 1 heterocycles. The van der Waals surface area contributed by atoms with Gasteiger partial charge in [0.15, 0.2) is 0 Å². The number of alkyl halides is 3. The molecular formula is C25H36F3N3O. The summed E-state index contributed by atoms with van der Waals surface area (Å²) in [6, 6.07) is 3.53. The number of urea groups is 1. The van der Waals surface area contributed by atoms with Crippen molar-refractivity contribution >= 4 is 6.03 Å². The number of hydrogen-bond donors (Lipinski definition) is 1. The van der Waals surface area contributed by atoms with Gasteiger partial charge in [-0.1, -0.05) is 6.92 Å². The van der Waals surface area contributed by atoms with Gasteiger partial charge in [-0.2, -0.15) is 13.2 Å². The van der Waals surface area contributed by atoms with Crippen LogP contribution in [0.1, 0.15) is 63.9 Å². The highest BCUT2D eigenvalue weighted by molar-refractivity contribution is 5.74. The first-order valence-corrected chi connectivity index (χ1v) is 12.2. The Hall–Kier alpha value is -1.79. The smallest absolute Gasteiger partial charge is 0.338 e. The monoisotopic (exact) mass is 451 g/mol. The average Bonchev–Trinajstić information content (AvgIpc) is 2.71. The molecule has 1 aromatic rings. The molecule has 1 aromatic heterocycles. The molecule has 7 heteroatoms. The quantitative estimate of drug-likeness (QED) is 0.513. The van der Waals surface area contributed by atoms with Gasteiger partial charge in [0.1, 0.15) is 0 Å². The SMILES string of the molecule is CC(CNC(=O)N(CCC(F)(F)F)CCC12CC3CC(CC(C3)C1)C2)Cc1ccncc1. The van der Waals surface area contributed by atoms with Crippen molar-refractivity contribution in [1.82, 2.24) is 15.2 Å². The third-order valence-electron chi connectivity index (χ3n) is 7.96. The summed E-state index contributed by atoms with van der Waals surface area (Å²) in [5.74, 6) is 2.59. The number of nitrogens with one attached hydrogen (secondary N) is 1. The molecule has 0 radical (unpaired) electrons. The van der Waals surface area contributed by atoms with Crippen LogP contribution in [0.2, 0.25) is 0 Å². The van der Waals surface area contributed by atoms with Crippen molar-refractivity contribution in [2.75, 3.05) is 19.6 Å². The number of carbonyl (C=O) groups is 1. The summed E-state index contributed by atoms with van der Waals surface area (Å²) in [6.07, 6.45) is 7.54. The van der Waals surface area contributed by atoms with Gasteiger partial charge < -0.3 is 10.2 Å². The summed E-state index contributed by atoms with van der Waals surface area (Å²) in [7, 11) is 0. The molecular weight excluding hydrogens is 415 g/mol. The Balaban J connectivity index is 1.32. The van der Waals surface area contributed by atoms with E-state index in [2.05, 4.69) is 10.3 Å². The maximum Gasteiger partial charge on any atom is 0.390 e. The molecule has 4 aliphatic carbocycles. The summed E-state index contributed by atoms with van der Waals surface area (Å²) >= 11 is 0. The number of carbonyl (C=O) groups excluding carboxylic acids is 1. The van der Waals surface area contributed by atoms with E-state index in [1.807, 2.05) is 19.1 Å². The van der Waals surface area contributed by atoms with Crippen LogP contribution in [0.3, 0.4) is 0 Å². The lowest BCUT2D eigenvalue weighted by Crippen LogP contribution is -2.49. The van der Waals surface area contributed by atoms with E-state index in [9.17, 15) is 18.0 Å². The lowest BCUT2D eigenvalue weighted by Gasteiger charge is -2.57. The number of halogens is 3. The van der Waals surface area contributed by atoms with Gasteiger partial charge in [-0.3, -0.25) is 4.98 Å². The molecule has 1 N–H and O–H groups in total. The summed E-state index contributed by atoms with van der Waals surface area (Å²) in [5.41, 5.74) is 1.39. The molecule has 1 atom stereocenters. The predicted octanol–water partition coefficient (Wildman–Crippen LogP) is 5.83. The Bertz CT molecular complexity index is 732. The van der Waals surface area contributed by atoms with Gasteiger partial charge >= 0.3 is 12.2 Å². The van der Waals surface area contributed by atoms with Gasteiger partial charge in [0, 0.05) is 32.0 Å². The maximum absolute atomic E-state index is 12.9. The standard InChI is InChI=1S/C25H36F3N3O/c1-18(10-19-2-6-29-7-3-19)17-30-23(32)31(9-5-25(26,27)28)8-4-24-14-20-11-21(15-24)13-22(12-20)16-24/h2-3,6-7,18,20-22H,4-5,8-17H2,1H3,(H,30,32). The van der Waals surface area contributed by atoms with E-state index in [1.165, 1.54) is 43.4 Å². The van der Waals surface area contributed by atoms with E-state index in [4.69, 9.17) is 0 Å². The minimum atomic E-state index is -4.26. The molecule has 4 bridgehead atoms. The summed E-state index contributed by atoms with van der Waals surface area (Å²) in [6.45, 7) is 2.64. The van der Waals surface area contributed by atoms with Gasteiger partial charge in [0.2, 0.25) is 0 Å². The minimum Gasteiger partial charge on any atom is -0.338 e. The molecule has 1 unspecified atom stereocenters. The first-order valence-electron chi connectivity index (χ1n) is 12.2. The molecule has 0 saturated heterocycles. The molecule has 4 nitrogen and oxygen atoms in total. The van der Waals surface area contributed by atoms with E-state index < -0.39 is 12.6 Å². The van der Waals surface area contributed by atoms with Gasteiger partial charge in [0.05, 0.1) is 6.42 Å². The number of amides is 2. The fourth-order valence-electron chi connectivity index (χ4n) is 6.91. The minimum absolute atomic E-state index is 0.189. The highest BCUT2D eigenvalue weighted by Crippen LogP contribution is 2.61. The molecule has 4 aliphatic rings. The van der Waals surface area contributed by atoms with Crippen LogP contribution in [0.4, 0.5) is 18.0 Å². The Kier molecular flexibility index (Phi) is 7.01. The van der Waals surface area contributed by atoms with Crippen molar-refractivity contribution in [1.29, 1.82) is 0 Å². The summed E-state index contributed by atoms with van der Waals surface area (Å²) in [5, 5.41) is 2.90. The number of pyridine rings is 1. The fraction of sp³-hybridized carbons (Fsp3) is 0.760. The molecule has 0 aliphatic heterocycles. The van der Waals surface area contributed by atoms with Gasteiger partial charge in [-0.25, -0.2) is 4.79 Å². The zero-order valence-corrected chi connectivity index (χ0v) is 19.0. The predicted molar refractivity (Wildman–Crippen MR) is 118 cm³/mol. The molecule has 4 fully saturated rings. The molecule has 178 valence electrons. The second-order valence-corrected chi connectivity index (χ2v) is 10.9. The Morgan fingerprint density at radius 1 is 1.12 bits per heavy atom. The van der Waals surface area contributed by atoms with Crippen LogP contribution in [0.5, 0.6) is 0 Å². The normalized spacial score (nSPS) is 29.7. The highest BCUT2D eigenvalue weighted by atomic mass is 19.4. The molecule has 2 amide bonds. The first-order chi connectivity index (χ1) is 15.2. The topological polar surface area (TPSA) is 45.2 Å². The van der Waals surface area contributed by atoms with Crippen LogP contribution in [0, 0.1) is 29.1 Å². The lowest BCUT2D eigenvalue weighted by molar-refractivity contribution is -0.136. The summed E-state index contributed by atoms with van der Waals surface area (Å²) in [4.78, 5) is 18.3. The first kappa shape index (κ1) is 23.4. The van der Waals surface area contributed by atoms with Crippen LogP contribution in [-0.4, -0.2) is 41.7 Å². The van der Waals surface area contributed by atoms with E-state index >= 15 is 0 Å². The highest BCUT2D eigenvalue weighted by Gasteiger charge is 2.50. The van der Waals surface area contributed by atoms with Crippen molar-refractivity contribution < 1.29 is 18.0 Å². The van der Waals surface area contributed by atoms with Crippen LogP contribution < -0.4 is 5.32 Å². The van der Waals surface area contributed by atoms with Gasteiger partial charge in [-0.15, -0.1) is 0 Å². The van der Waals surface area contributed by atoms with E-state index in [1.54, 1.807) is 12.4 Å². The third-order valence-corrected chi connectivity index (χ3v) is 7.96. The number of hydrogen-bond acceptors (Lipinski definition) is 2.